The number of hydrogen-bond donors (Lipinski definition) is 0. The van der Waals surface area contributed by atoms with Crippen LogP contribution in [0.15, 0.2) is 40.1 Å². The number of aromatic nitrogens is 3. The van der Waals surface area contributed by atoms with Gasteiger partial charge in [-0.1, -0.05) is 12.1 Å². The topological polar surface area (TPSA) is 43.1 Å². The number of benzene rings is 1. The molecule has 0 spiro atoms. The van der Waals surface area contributed by atoms with Crippen molar-refractivity contribution in [3.8, 4) is 0 Å². The summed E-state index contributed by atoms with van der Waals surface area (Å²) in [6, 6.07) is 5.51. The van der Waals surface area contributed by atoms with Crippen molar-refractivity contribution in [3.05, 3.63) is 63.1 Å². The van der Waals surface area contributed by atoms with Crippen LogP contribution in [0.4, 0.5) is 13.2 Å². The van der Waals surface area contributed by atoms with Gasteiger partial charge in [-0.2, -0.15) is 13.2 Å². The van der Waals surface area contributed by atoms with Crippen molar-refractivity contribution in [3.63, 3.8) is 0 Å². The number of nitrogens with zero attached hydrogens (tertiary/aromatic N) is 4. The zero-order valence-corrected chi connectivity index (χ0v) is 16.9. The lowest BCUT2D eigenvalue weighted by Gasteiger charge is -2.16. The van der Waals surface area contributed by atoms with Crippen LogP contribution in [-0.4, -0.2) is 14.5 Å². The van der Waals surface area contributed by atoms with Crippen molar-refractivity contribution in [1.82, 2.24) is 14.5 Å². The van der Waals surface area contributed by atoms with Crippen LogP contribution in [0.25, 0.3) is 10.9 Å². The third-order valence-corrected chi connectivity index (χ3v) is 5.09. The van der Waals surface area contributed by atoms with Gasteiger partial charge in [-0.25, -0.2) is 9.97 Å². The molecule has 2 heterocycles. The fourth-order valence-electron chi connectivity index (χ4n) is 3.10. The number of fused-ring (bicyclic) bond motifs is 1. The van der Waals surface area contributed by atoms with Gasteiger partial charge < -0.3 is 4.57 Å². The largest absolute Gasteiger partial charge is 0.416 e. The Morgan fingerprint density at radius 3 is 2.59 bits per heavy atom. The third kappa shape index (κ3) is 3.76. The van der Waals surface area contributed by atoms with E-state index in [9.17, 15) is 13.2 Å². The Morgan fingerprint density at radius 1 is 1.22 bits per heavy atom. The first-order valence-electron chi connectivity index (χ1n) is 8.29. The van der Waals surface area contributed by atoms with Crippen LogP contribution in [-0.2, 0) is 13.2 Å². The molecule has 8 heteroatoms. The molecule has 0 amide bonds. The Hall–Kier alpha value is -2.22. The summed E-state index contributed by atoms with van der Waals surface area (Å²) in [6.45, 7) is 5.10. The van der Waals surface area contributed by atoms with E-state index in [0.717, 1.165) is 22.8 Å². The summed E-state index contributed by atoms with van der Waals surface area (Å²) in [5, 5.41) is 0.779. The van der Waals surface area contributed by atoms with Crippen LogP contribution in [0.5, 0.6) is 0 Å². The number of halogens is 4. The summed E-state index contributed by atoms with van der Waals surface area (Å²) < 4.78 is 42.2. The molecule has 2 aromatic heterocycles. The lowest BCUT2D eigenvalue weighted by atomic mass is 9.97. The zero-order chi connectivity index (χ0) is 19.9. The summed E-state index contributed by atoms with van der Waals surface area (Å²) in [7, 11) is 1.88. The Balaban J connectivity index is 2.21. The van der Waals surface area contributed by atoms with Gasteiger partial charge in [0.2, 0.25) is 0 Å². The van der Waals surface area contributed by atoms with Gasteiger partial charge in [-0.15, -0.1) is 0 Å². The number of hydrogen-bond acceptors (Lipinski definition) is 3. The second-order valence-electron chi connectivity index (χ2n) is 6.39. The Labute approximate surface area is 162 Å². The van der Waals surface area contributed by atoms with Crippen molar-refractivity contribution < 1.29 is 13.2 Å². The molecule has 0 aliphatic heterocycles. The molecule has 142 valence electrons. The van der Waals surface area contributed by atoms with Crippen LogP contribution in [0.3, 0.4) is 0 Å². The highest BCUT2D eigenvalue weighted by atomic mass is 79.9. The molecule has 0 fully saturated rings. The first kappa shape index (κ1) is 19.5. The van der Waals surface area contributed by atoms with Gasteiger partial charge in [0.1, 0.15) is 10.4 Å². The van der Waals surface area contributed by atoms with Gasteiger partial charge in [-0.3, -0.25) is 4.99 Å². The molecule has 1 unspecified atom stereocenters. The fourth-order valence-corrected chi connectivity index (χ4v) is 3.43. The molecule has 0 saturated heterocycles. The molecule has 27 heavy (non-hydrogen) atoms. The molecule has 4 nitrogen and oxygen atoms in total. The normalized spacial score (nSPS) is 14.0. The van der Waals surface area contributed by atoms with Crippen molar-refractivity contribution in [2.24, 2.45) is 12.0 Å². The molecular weight excluding hydrogens is 421 g/mol. The maximum atomic E-state index is 13.2. The van der Waals surface area contributed by atoms with Gasteiger partial charge in [0, 0.05) is 12.4 Å². The predicted molar refractivity (Wildman–Crippen MR) is 101 cm³/mol. The smallest absolute Gasteiger partial charge is 0.331 e. The minimum absolute atomic E-state index is 0.187. The molecule has 3 aromatic rings. The number of aryl methyl sites for hydroxylation is 2. The lowest BCUT2D eigenvalue weighted by Crippen LogP contribution is -2.18. The van der Waals surface area contributed by atoms with E-state index < -0.39 is 17.8 Å². The maximum Gasteiger partial charge on any atom is 0.416 e. The predicted octanol–water partition coefficient (Wildman–Crippen LogP) is 5.03. The van der Waals surface area contributed by atoms with Crippen molar-refractivity contribution in [1.29, 1.82) is 0 Å². The Kier molecular flexibility index (Phi) is 5.12. The van der Waals surface area contributed by atoms with Crippen LogP contribution < -0.4 is 5.49 Å². The second kappa shape index (κ2) is 7.07. The Morgan fingerprint density at radius 2 is 1.93 bits per heavy atom. The highest BCUT2D eigenvalue weighted by Gasteiger charge is 2.33. The van der Waals surface area contributed by atoms with Gasteiger partial charge >= 0.3 is 6.18 Å². The molecule has 0 aliphatic carbocycles. The Bertz CT molecular complexity index is 1090. The van der Waals surface area contributed by atoms with Crippen LogP contribution >= 0.6 is 15.9 Å². The molecular formula is C19H18BrF3N4. The van der Waals surface area contributed by atoms with E-state index in [1.807, 2.05) is 24.6 Å². The molecule has 0 aliphatic rings. The minimum atomic E-state index is -4.39. The summed E-state index contributed by atoms with van der Waals surface area (Å²) >= 11 is 3.35. The van der Waals surface area contributed by atoms with Crippen molar-refractivity contribution >= 4 is 26.8 Å². The molecule has 1 atom stereocenters. The third-order valence-electron chi connectivity index (χ3n) is 4.65. The van der Waals surface area contributed by atoms with E-state index in [-0.39, 0.29) is 5.56 Å². The second-order valence-corrected chi connectivity index (χ2v) is 7.20. The summed E-state index contributed by atoms with van der Waals surface area (Å²) in [4.78, 5) is 13.4. The van der Waals surface area contributed by atoms with E-state index in [1.165, 1.54) is 13.0 Å². The lowest BCUT2D eigenvalue weighted by molar-refractivity contribution is -0.138. The molecule has 3 rings (SSSR count). The number of alkyl halides is 3. The molecule has 0 saturated carbocycles. The summed E-state index contributed by atoms with van der Waals surface area (Å²) in [6.07, 6.45) is -2.67. The van der Waals surface area contributed by atoms with Crippen molar-refractivity contribution in [2.45, 2.75) is 33.0 Å². The summed E-state index contributed by atoms with van der Waals surface area (Å²) in [5.74, 6) is 0.735. The first-order valence-corrected chi connectivity index (χ1v) is 9.08. The highest BCUT2D eigenvalue weighted by Crippen LogP contribution is 2.35. The van der Waals surface area contributed by atoms with E-state index in [0.29, 0.717) is 15.7 Å². The van der Waals surface area contributed by atoms with E-state index >= 15 is 0 Å². The van der Waals surface area contributed by atoms with Crippen LogP contribution in [0.2, 0.25) is 0 Å². The number of pyridine rings is 1. The SMILES string of the molecule is Cc1c(C(C)N=c2nc(C)n(C)c3cnc(Br)cc23)cccc1C(F)(F)F. The van der Waals surface area contributed by atoms with Gasteiger partial charge in [0.05, 0.1) is 23.3 Å². The quantitative estimate of drug-likeness (QED) is 0.526. The molecule has 0 radical (unpaired) electrons. The maximum absolute atomic E-state index is 13.2. The fraction of sp³-hybridized carbons (Fsp3) is 0.316. The average molecular weight is 439 g/mol. The number of rotatable bonds is 2. The molecule has 0 N–H and O–H groups in total. The van der Waals surface area contributed by atoms with E-state index in [4.69, 9.17) is 0 Å². The van der Waals surface area contributed by atoms with Gasteiger partial charge in [0.15, 0.2) is 5.49 Å². The highest BCUT2D eigenvalue weighted by molar-refractivity contribution is 9.10. The molecule has 0 bridgehead atoms. The monoisotopic (exact) mass is 438 g/mol. The first-order chi connectivity index (χ1) is 12.6. The average Bonchev–Trinajstić information content (AvgIpc) is 2.58. The minimum Gasteiger partial charge on any atom is -0.331 e. The van der Waals surface area contributed by atoms with Gasteiger partial charge in [-0.05, 0) is 60.0 Å². The van der Waals surface area contributed by atoms with E-state index in [2.05, 4.69) is 30.9 Å². The van der Waals surface area contributed by atoms with Crippen LogP contribution in [0.1, 0.15) is 35.5 Å². The standard InChI is InChI=1S/C19H18BrF3N4/c1-10-13(6-5-7-15(10)19(21,22)23)11(2)25-18-14-8-17(20)24-9-16(14)27(4)12(3)26-18/h5-9,11H,1-4H3. The summed E-state index contributed by atoms with van der Waals surface area (Å²) in [5.41, 5.74) is 1.40. The zero-order valence-electron chi connectivity index (χ0n) is 15.3. The van der Waals surface area contributed by atoms with Crippen molar-refractivity contribution in [2.75, 3.05) is 0 Å². The van der Waals surface area contributed by atoms with E-state index in [1.54, 1.807) is 19.2 Å². The van der Waals surface area contributed by atoms with Crippen LogP contribution in [0, 0.1) is 13.8 Å². The van der Waals surface area contributed by atoms with Gasteiger partial charge in [0.25, 0.3) is 0 Å². The molecule has 1 aromatic carbocycles.